The Balaban J connectivity index is 1.75. The molecule has 3 rings (SSSR count). The van der Waals surface area contributed by atoms with Gasteiger partial charge >= 0.3 is 0 Å². The smallest absolute Gasteiger partial charge is 0.161 e. The summed E-state index contributed by atoms with van der Waals surface area (Å²) in [5, 5.41) is 4.34. The minimum Gasteiger partial charge on any atom is -0.496 e. The summed E-state index contributed by atoms with van der Waals surface area (Å²) in [6.45, 7) is 0.627. The lowest BCUT2D eigenvalue weighted by Crippen LogP contribution is -2.14. The van der Waals surface area contributed by atoms with Gasteiger partial charge in [-0.25, -0.2) is 0 Å². The van der Waals surface area contributed by atoms with E-state index in [1.807, 2.05) is 30.3 Å². The number of ether oxygens (including phenoxy) is 1. The van der Waals surface area contributed by atoms with Gasteiger partial charge in [0.1, 0.15) is 5.75 Å². The molecule has 2 aromatic rings. The van der Waals surface area contributed by atoms with Crippen molar-refractivity contribution in [3.8, 4) is 5.75 Å². The molecule has 20 heavy (non-hydrogen) atoms. The Morgan fingerprint density at radius 1 is 1.15 bits per heavy atom. The number of hydrogen-bond donors (Lipinski definition) is 1. The van der Waals surface area contributed by atoms with Crippen molar-refractivity contribution in [2.24, 2.45) is 4.99 Å². The van der Waals surface area contributed by atoms with Crippen molar-refractivity contribution in [3.05, 3.63) is 59.7 Å². The van der Waals surface area contributed by atoms with Gasteiger partial charge in [-0.15, -0.1) is 0 Å². The van der Waals surface area contributed by atoms with Crippen LogP contribution in [0.5, 0.6) is 5.75 Å². The first-order valence-corrected chi connectivity index (χ1v) is 7.49. The number of benzene rings is 2. The SMILES string of the molecule is COc1ccccc1CN=C1Nc2ccccc2CS1. The molecule has 0 bridgehead atoms. The molecule has 2 aromatic carbocycles. The third-order valence-electron chi connectivity index (χ3n) is 3.21. The highest BCUT2D eigenvalue weighted by Gasteiger charge is 2.13. The largest absolute Gasteiger partial charge is 0.496 e. The predicted octanol–water partition coefficient (Wildman–Crippen LogP) is 3.91. The molecule has 0 fully saturated rings. The number of anilines is 1. The van der Waals surface area contributed by atoms with E-state index in [1.54, 1.807) is 18.9 Å². The van der Waals surface area contributed by atoms with E-state index in [4.69, 9.17) is 4.74 Å². The van der Waals surface area contributed by atoms with E-state index >= 15 is 0 Å². The zero-order valence-electron chi connectivity index (χ0n) is 11.3. The zero-order chi connectivity index (χ0) is 13.8. The lowest BCUT2D eigenvalue weighted by Gasteiger charge is -2.19. The first-order chi connectivity index (χ1) is 9.86. The van der Waals surface area contributed by atoms with E-state index < -0.39 is 0 Å². The molecule has 0 unspecified atom stereocenters. The van der Waals surface area contributed by atoms with Gasteiger partial charge < -0.3 is 10.1 Å². The van der Waals surface area contributed by atoms with Crippen molar-refractivity contribution < 1.29 is 4.74 Å². The summed E-state index contributed by atoms with van der Waals surface area (Å²) in [6.07, 6.45) is 0. The van der Waals surface area contributed by atoms with Gasteiger partial charge in [-0.3, -0.25) is 4.99 Å². The maximum atomic E-state index is 5.34. The van der Waals surface area contributed by atoms with E-state index in [9.17, 15) is 0 Å². The Kier molecular flexibility index (Phi) is 3.92. The number of amidine groups is 1. The van der Waals surface area contributed by atoms with E-state index in [2.05, 4.69) is 28.5 Å². The van der Waals surface area contributed by atoms with Crippen LogP contribution < -0.4 is 10.1 Å². The third kappa shape index (κ3) is 2.80. The molecule has 0 aromatic heterocycles. The molecule has 1 N–H and O–H groups in total. The second-order valence-electron chi connectivity index (χ2n) is 4.50. The molecule has 3 nitrogen and oxygen atoms in total. The molecular formula is C16H16N2OS. The highest BCUT2D eigenvalue weighted by molar-refractivity contribution is 8.13. The van der Waals surface area contributed by atoms with Gasteiger partial charge in [0.25, 0.3) is 0 Å². The molecular weight excluding hydrogens is 268 g/mol. The maximum absolute atomic E-state index is 5.34. The van der Waals surface area contributed by atoms with Crippen LogP contribution in [0.1, 0.15) is 11.1 Å². The van der Waals surface area contributed by atoms with Gasteiger partial charge in [-0.1, -0.05) is 48.2 Å². The molecule has 0 amide bonds. The average Bonchev–Trinajstić information content (AvgIpc) is 2.53. The Morgan fingerprint density at radius 3 is 2.85 bits per heavy atom. The molecule has 0 aliphatic carbocycles. The highest BCUT2D eigenvalue weighted by atomic mass is 32.2. The first-order valence-electron chi connectivity index (χ1n) is 6.51. The number of fused-ring (bicyclic) bond motifs is 1. The lowest BCUT2D eigenvalue weighted by atomic mass is 10.2. The van der Waals surface area contributed by atoms with E-state index in [1.165, 1.54) is 5.56 Å². The first kappa shape index (κ1) is 13.1. The van der Waals surface area contributed by atoms with Gasteiger partial charge in [0.15, 0.2) is 5.17 Å². The third-order valence-corrected chi connectivity index (χ3v) is 4.17. The monoisotopic (exact) mass is 284 g/mol. The Morgan fingerprint density at radius 2 is 1.95 bits per heavy atom. The molecule has 1 aliphatic heterocycles. The number of thioether (sulfide) groups is 1. The highest BCUT2D eigenvalue weighted by Crippen LogP contribution is 2.28. The minimum absolute atomic E-state index is 0.627. The minimum atomic E-state index is 0.627. The van der Waals surface area contributed by atoms with Crippen molar-refractivity contribution in [2.75, 3.05) is 12.4 Å². The Bertz CT molecular complexity index is 640. The number of methoxy groups -OCH3 is 1. The lowest BCUT2D eigenvalue weighted by molar-refractivity contribution is 0.410. The van der Waals surface area contributed by atoms with Crippen LogP contribution in [0.2, 0.25) is 0 Å². The second kappa shape index (κ2) is 6.01. The number of rotatable bonds is 3. The van der Waals surface area contributed by atoms with E-state index in [-0.39, 0.29) is 0 Å². The number of aliphatic imine (C=N–C) groups is 1. The number of para-hydroxylation sites is 2. The summed E-state index contributed by atoms with van der Waals surface area (Å²) < 4.78 is 5.34. The molecule has 102 valence electrons. The van der Waals surface area contributed by atoms with Crippen LogP contribution in [0, 0.1) is 0 Å². The summed E-state index contributed by atoms with van der Waals surface area (Å²) in [5.41, 5.74) is 3.59. The normalized spacial score (nSPS) is 15.6. The predicted molar refractivity (Wildman–Crippen MR) is 85.5 cm³/mol. The van der Waals surface area contributed by atoms with Gasteiger partial charge in [-0.05, 0) is 17.7 Å². The molecule has 0 saturated heterocycles. The standard InChI is InChI=1S/C16H16N2OS/c1-19-15-9-5-3-6-12(15)10-17-16-18-14-8-4-2-7-13(14)11-20-16/h2-9H,10-11H2,1H3,(H,17,18). The van der Waals surface area contributed by atoms with Crippen LogP contribution >= 0.6 is 11.8 Å². The molecule has 1 heterocycles. The van der Waals surface area contributed by atoms with Gasteiger partial charge in [0.2, 0.25) is 0 Å². The van der Waals surface area contributed by atoms with Gasteiger partial charge in [0, 0.05) is 17.0 Å². The van der Waals surface area contributed by atoms with Crippen molar-refractivity contribution >= 4 is 22.6 Å². The summed E-state index contributed by atoms with van der Waals surface area (Å²) in [7, 11) is 1.69. The van der Waals surface area contributed by atoms with Crippen molar-refractivity contribution in [1.82, 2.24) is 0 Å². The fourth-order valence-corrected chi connectivity index (χ4v) is 3.02. The van der Waals surface area contributed by atoms with Gasteiger partial charge in [-0.2, -0.15) is 0 Å². The quantitative estimate of drug-likeness (QED) is 0.927. The topological polar surface area (TPSA) is 33.6 Å². The second-order valence-corrected chi connectivity index (χ2v) is 5.47. The summed E-state index contributed by atoms with van der Waals surface area (Å²) in [6, 6.07) is 16.3. The van der Waals surface area contributed by atoms with Crippen molar-refractivity contribution in [1.29, 1.82) is 0 Å². The fraction of sp³-hybridized carbons (Fsp3) is 0.188. The Hall–Kier alpha value is -1.94. The van der Waals surface area contributed by atoms with Crippen LogP contribution in [-0.4, -0.2) is 12.3 Å². The molecule has 0 radical (unpaired) electrons. The number of nitrogens with one attached hydrogen (secondary N) is 1. The molecule has 0 spiro atoms. The van der Waals surface area contributed by atoms with Crippen LogP contribution in [0.15, 0.2) is 53.5 Å². The molecule has 4 heteroatoms. The van der Waals surface area contributed by atoms with E-state index in [0.717, 1.165) is 27.9 Å². The van der Waals surface area contributed by atoms with Crippen LogP contribution in [0.25, 0.3) is 0 Å². The zero-order valence-corrected chi connectivity index (χ0v) is 12.1. The van der Waals surface area contributed by atoms with Crippen LogP contribution in [-0.2, 0) is 12.3 Å². The maximum Gasteiger partial charge on any atom is 0.161 e. The molecule has 0 saturated carbocycles. The average molecular weight is 284 g/mol. The van der Waals surface area contributed by atoms with Crippen molar-refractivity contribution in [2.45, 2.75) is 12.3 Å². The summed E-state index contributed by atoms with van der Waals surface area (Å²) in [5.74, 6) is 1.85. The van der Waals surface area contributed by atoms with Gasteiger partial charge in [0.05, 0.1) is 13.7 Å². The summed E-state index contributed by atoms with van der Waals surface area (Å²) in [4.78, 5) is 4.65. The van der Waals surface area contributed by atoms with Crippen LogP contribution in [0.4, 0.5) is 5.69 Å². The number of hydrogen-bond acceptors (Lipinski definition) is 3. The van der Waals surface area contributed by atoms with Crippen LogP contribution in [0.3, 0.4) is 0 Å². The summed E-state index contributed by atoms with van der Waals surface area (Å²) >= 11 is 1.74. The molecule has 0 atom stereocenters. The number of nitrogens with zero attached hydrogens (tertiary/aromatic N) is 1. The fourth-order valence-electron chi connectivity index (χ4n) is 2.14. The van der Waals surface area contributed by atoms with E-state index in [0.29, 0.717) is 6.54 Å². The Labute approximate surface area is 123 Å². The molecule has 1 aliphatic rings. The van der Waals surface area contributed by atoms with Crippen molar-refractivity contribution in [3.63, 3.8) is 0 Å².